The molecule has 2 rings (SSSR count). The molecule has 0 bridgehead atoms. The summed E-state index contributed by atoms with van der Waals surface area (Å²) in [5, 5.41) is 1.20. The molecule has 0 amide bonds. The monoisotopic (exact) mass is 265 g/mol. The van der Waals surface area contributed by atoms with Crippen molar-refractivity contribution in [2.24, 2.45) is 4.99 Å². The molecule has 0 saturated heterocycles. The van der Waals surface area contributed by atoms with Crippen molar-refractivity contribution in [1.29, 1.82) is 0 Å². The molecule has 0 saturated carbocycles. The Morgan fingerprint density at radius 3 is 2.83 bits per heavy atom. The lowest BCUT2D eigenvalue weighted by molar-refractivity contribution is 1.03. The highest BCUT2D eigenvalue weighted by molar-refractivity contribution is 9.09. The summed E-state index contributed by atoms with van der Waals surface area (Å²) in [4.78, 5) is 11.7. The molecule has 2 heterocycles. The number of rotatable bonds is 0. The number of nitrogens with zero attached hydrogens (tertiary/aromatic N) is 3. The molecule has 1 aliphatic heterocycles. The minimum atomic E-state index is -0.0715. The molecule has 0 aromatic carbocycles. The van der Waals surface area contributed by atoms with Crippen molar-refractivity contribution >= 4 is 45.2 Å². The van der Waals surface area contributed by atoms with Gasteiger partial charge in [-0.15, -0.1) is 0 Å². The molecule has 0 fully saturated rings. The van der Waals surface area contributed by atoms with Crippen LogP contribution in [0.15, 0.2) is 4.99 Å². The number of fused-ring (bicyclic) bond motifs is 1. The Bertz CT molecular complexity index is 445. The maximum absolute atomic E-state index is 5.79. The summed E-state index contributed by atoms with van der Waals surface area (Å²) in [6, 6.07) is 0. The van der Waals surface area contributed by atoms with Crippen molar-refractivity contribution in [2.75, 3.05) is 0 Å². The standard InChI is InChI=1S/C6H2BrCl2N3/c7-3-1-2-4(8)11-6(9)12-5(2)10-3/h1,3H/t3-/m1/s1. The van der Waals surface area contributed by atoms with Gasteiger partial charge in [-0.3, -0.25) is 0 Å². The molecule has 12 heavy (non-hydrogen) atoms. The minimum Gasteiger partial charge on any atom is -0.247 e. The van der Waals surface area contributed by atoms with Crippen LogP contribution in [0.1, 0.15) is 0 Å². The van der Waals surface area contributed by atoms with E-state index in [9.17, 15) is 0 Å². The largest absolute Gasteiger partial charge is 0.247 e. The Morgan fingerprint density at radius 1 is 1.33 bits per heavy atom. The first-order valence-electron chi connectivity index (χ1n) is 3.09. The van der Waals surface area contributed by atoms with Gasteiger partial charge >= 0.3 is 0 Å². The second-order valence-electron chi connectivity index (χ2n) is 2.19. The highest BCUT2D eigenvalue weighted by Gasteiger charge is 2.09. The van der Waals surface area contributed by atoms with E-state index in [4.69, 9.17) is 23.2 Å². The number of halogens is 3. The van der Waals surface area contributed by atoms with Crippen molar-refractivity contribution in [3.05, 3.63) is 21.1 Å². The Labute approximate surface area is 86.3 Å². The summed E-state index contributed by atoms with van der Waals surface area (Å²) in [5.41, 5.74) is 0.543. The van der Waals surface area contributed by atoms with E-state index < -0.39 is 0 Å². The molecule has 3 nitrogen and oxygen atoms in total. The van der Waals surface area contributed by atoms with Gasteiger partial charge in [0.15, 0.2) is 5.49 Å². The van der Waals surface area contributed by atoms with Crippen molar-refractivity contribution in [3.63, 3.8) is 0 Å². The highest BCUT2D eigenvalue weighted by atomic mass is 79.9. The predicted molar refractivity (Wildman–Crippen MR) is 50.0 cm³/mol. The first-order valence-corrected chi connectivity index (χ1v) is 4.77. The second kappa shape index (κ2) is 2.94. The Kier molecular flexibility index (Phi) is 2.06. The van der Waals surface area contributed by atoms with Gasteiger partial charge in [-0.2, -0.15) is 4.98 Å². The first kappa shape index (κ1) is 8.41. The van der Waals surface area contributed by atoms with Crippen LogP contribution < -0.4 is 10.7 Å². The zero-order valence-corrected chi connectivity index (χ0v) is 8.73. The van der Waals surface area contributed by atoms with E-state index >= 15 is 0 Å². The lowest BCUT2D eigenvalue weighted by atomic mass is 10.4. The van der Waals surface area contributed by atoms with E-state index in [0.29, 0.717) is 10.6 Å². The summed E-state index contributed by atoms with van der Waals surface area (Å²) in [5.74, 6) is 0. The van der Waals surface area contributed by atoms with E-state index in [-0.39, 0.29) is 10.2 Å². The van der Waals surface area contributed by atoms with Crippen LogP contribution >= 0.6 is 39.1 Å². The molecule has 0 N–H and O–H groups in total. The van der Waals surface area contributed by atoms with Crippen LogP contribution in [-0.2, 0) is 0 Å². The molecule has 0 spiro atoms. The second-order valence-corrected chi connectivity index (χ2v) is 3.82. The Morgan fingerprint density at radius 2 is 2.08 bits per heavy atom. The van der Waals surface area contributed by atoms with Crippen LogP contribution in [0.25, 0.3) is 6.08 Å². The average Bonchev–Trinajstić information content (AvgIpc) is 2.29. The fourth-order valence-electron chi connectivity index (χ4n) is 0.939. The lowest BCUT2D eigenvalue weighted by Crippen LogP contribution is -2.27. The van der Waals surface area contributed by atoms with E-state index in [2.05, 4.69) is 30.9 Å². The summed E-state index contributed by atoms with van der Waals surface area (Å²) >= 11 is 14.7. The fraction of sp³-hybridized carbons (Fsp3) is 0.167. The van der Waals surface area contributed by atoms with Crippen LogP contribution in [0, 0.1) is 0 Å². The maximum atomic E-state index is 5.79. The molecule has 1 aromatic rings. The summed E-state index contributed by atoms with van der Waals surface area (Å²) in [6.07, 6.45) is 1.83. The number of alkyl halides is 1. The van der Waals surface area contributed by atoms with Gasteiger partial charge in [-0.1, -0.05) is 27.5 Å². The number of aromatic nitrogens is 2. The third-order valence-electron chi connectivity index (χ3n) is 1.40. The van der Waals surface area contributed by atoms with Crippen LogP contribution in [0.4, 0.5) is 0 Å². The first-order chi connectivity index (χ1) is 5.66. The molecular formula is C6H2BrCl2N3. The van der Waals surface area contributed by atoms with Gasteiger partial charge in [0.05, 0.1) is 5.22 Å². The Hall–Kier alpha value is -0.190. The van der Waals surface area contributed by atoms with Crippen LogP contribution in [0.3, 0.4) is 0 Å². The van der Waals surface area contributed by atoms with Crippen LogP contribution in [0.2, 0.25) is 10.4 Å². The predicted octanol–water partition coefficient (Wildman–Crippen LogP) is 0.918. The quantitative estimate of drug-likeness (QED) is 0.303. The van der Waals surface area contributed by atoms with Crippen molar-refractivity contribution < 1.29 is 0 Å². The molecule has 0 unspecified atom stereocenters. The number of hydrogen-bond acceptors (Lipinski definition) is 3. The molecule has 1 aromatic heterocycles. The smallest absolute Gasteiger partial charge is 0.225 e. The Balaban J connectivity index is 2.86. The molecule has 1 atom stereocenters. The molecule has 1 aliphatic rings. The third kappa shape index (κ3) is 1.34. The molecule has 62 valence electrons. The van der Waals surface area contributed by atoms with E-state index in [0.717, 1.165) is 5.22 Å². The average molecular weight is 267 g/mol. The van der Waals surface area contributed by atoms with E-state index in [1.54, 1.807) is 0 Å². The topological polar surface area (TPSA) is 38.1 Å². The zero-order valence-electron chi connectivity index (χ0n) is 5.63. The van der Waals surface area contributed by atoms with Gasteiger partial charge in [0, 0.05) is 0 Å². The van der Waals surface area contributed by atoms with Gasteiger partial charge in [-0.25, -0.2) is 9.98 Å². The van der Waals surface area contributed by atoms with E-state index in [1.165, 1.54) is 0 Å². The van der Waals surface area contributed by atoms with Gasteiger partial charge in [0.25, 0.3) is 0 Å². The normalized spacial score (nSPS) is 19.8. The van der Waals surface area contributed by atoms with Crippen LogP contribution in [0.5, 0.6) is 0 Å². The fourth-order valence-corrected chi connectivity index (χ4v) is 1.83. The number of hydrogen-bond donors (Lipinski definition) is 0. The summed E-state index contributed by atoms with van der Waals surface area (Å²) < 4.78 is 0. The molecule has 6 heteroatoms. The van der Waals surface area contributed by atoms with E-state index in [1.807, 2.05) is 6.08 Å². The minimum absolute atomic E-state index is 0.0715. The molecule has 0 radical (unpaired) electrons. The highest BCUT2D eigenvalue weighted by Crippen LogP contribution is 2.07. The van der Waals surface area contributed by atoms with Gasteiger partial charge < -0.3 is 0 Å². The van der Waals surface area contributed by atoms with Crippen molar-refractivity contribution in [2.45, 2.75) is 4.95 Å². The summed E-state index contributed by atoms with van der Waals surface area (Å²) in [6.45, 7) is 0. The molecular weight excluding hydrogens is 265 g/mol. The maximum Gasteiger partial charge on any atom is 0.225 e. The zero-order chi connectivity index (χ0) is 8.72. The van der Waals surface area contributed by atoms with Gasteiger partial charge in [0.1, 0.15) is 10.1 Å². The SMILES string of the molecule is Clc1nc(Cl)c2c(n1)=N[C@@H](Br)C=2. The van der Waals surface area contributed by atoms with Gasteiger partial charge in [0.2, 0.25) is 5.28 Å². The van der Waals surface area contributed by atoms with Crippen LogP contribution in [-0.4, -0.2) is 14.9 Å². The summed E-state index contributed by atoms with van der Waals surface area (Å²) in [7, 11) is 0. The molecule has 0 aliphatic carbocycles. The lowest BCUT2D eigenvalue weighted by Gasteiger charge is -1.88. The van der Waals surface area contributed by atoms with Crippen molar-refractivity contribution in [3.8, 4) is 0 Å². The third-order valence-corrected chi connectivity index (χ3v) is 2.33. The van der Waals surface area contributed by atoms with Gasteiger partial charge in [-0.05, 0) is 17.7 Å². The van der Waals surface area contributed by atoms with Crippen molar-refractivity contribution in [1.82, 2.24) is 9.97 Å².